The minimum absolute atomic E-state index is 0.245. The maximum Gasteiger partial charge on any atom is 0.257 e. The highest BCUT2D eigenvalue weighted by molar-refractivity contribution is 6.10. The number of nitrogens with one attached hydrogen (secondary N) is 2. The van der Waals surface area contributed by atoms with E-state index in [9.17, 15) is 4.79 Å². The van der Waals surface area contributed by atoms with E-state index in [0.29, 0.717) is 30.6 Å². The number of rotatable bonds is 8. The molecule has 0 unspecified atom stereocenters. The lowest BCUT2D eigenvalue weighted by Crippen LogP contribution is -2.36. The van der Waals surface area contributed by atoms with Gasteiger partial charge >= 0.3 is 0 Å². The highest BCUT2D eigenvalue weighted by Crippen LogP contribution is 2.20. The van der Waals surface area contributed by atoms with Crippen molar-refractivity contribution in [2.24, 2.45) is 4.99 Å². The summed E-state index contributed by atoms with van der Waals surface area (Å²) in [5, 5.41) is 6.14. The minimum atomic E-state index is -0.245. The molecule has 1 amide bonds. The predicted octanol–water partition coefficient (Wildman–Crippen LogP) is 5.39. The number of carbonyl (C=O) groups excluding carboxylic acids is 1. The summed E-state index contributed by atoms with van der Waals surface area (Å²) in [6, 6.07) is 19.1. The molecule has 0 saturated heterocycles. The fourth-order valence-corrected chi connectivity index (χ4v) is 3.09. The van der Waals surface area contributed by atoms with Gasteiger partial charge in [-0.05, 0) is 78.9 Å². The molecule has 0 saturated carbocycles. The molecule has 1 atom stereocenters. The summed E-state index contributed by atoms with van der Waals surface area (Å²) in [5.41, 5.74) is 3.67. The van der Waals surface area contributed by atoms with E-state index in [2.05, 4.69) is 46.6 Å². The number of amides is 1. The van der Waals surface area contributed by atoms with Crippen LogP contribution in [0.4, 0.5) is 5.69 Å². The number of hydrogen-bond acceptors (Lipinski definition) is 4. The van der Waals surface area contributed by atoms with Crippen LogP contribution in [0.3, 0.4) is 0 Å². The van der Waals surface area contributed by atoms with Gasteiger partial charge in [-0.3, -0.25) is 15.1 Å². The molecule has 0 aliphatic heterocycles. The molecule has 0 bridgehead atoms. The lowest BCUT2D eigenvalue weighted by atomic mass is 9.99. The van der Waals surface area contributed by atoms with Crippen molar-refractivity contribution in [1.82, 2.24) is 10.3 Å². The topological polar surface area (TPSA) is 75.6 Å². The largest absolute Gasteiger partial charge is 0.494 e. The Kier molecular flexibility index (Phi) is 8.37. The molecule has 0 spiro atoms. The average molecular weight is 431 g/mol. The highest BCUT2D eigenvalue weighted by atomic mass is 16.5. The van der Waals surface area contributed by atoms with Gasteiger partial charge in [-0.2, -0.15) is 0 Å². The second-order valence-corrected chi connectivity index (χ2v) is 7.49. The summed E-state index contributed by atoms with van der Waals surface area (Å²) in [7, 11) is 0. The maximum atomic E-state index is 12.8. The van der Waals surface area contributed by atoms with Crippen LogP contribution in [0, 0.1) is 0 Å². The molecule has 6 heteroatoms. The zero-order chi connectivity index (χ0) is 22.8. The van der Waals surface area contributed by atoms with Crippen LogP contribution >= 0.6 is 0 Å². The molecular formula is C26H30N4O2. The van der Waals surface area contributed by atoms with Crippen molar-refractivity contribution in [2.45, 2.75) is 39.7 Å². The third-order valence-electron chi connectivity index (χ3n) is 5.18. The van der Waals surface area contributed by atoms with E-state index >= 15 is 0 Å². The van der Waals surface area contributed by atoms with Gasteiger partial charge in [0.05, 0.1) is 13.2 Å². The summed E-state index contributed by atoms with van der Waals surface area (Å²) in [5.74, 6) is 1.38. The fourth-order valence-electron chi connectivity index (χ4n) is 3.09. The van der Waals surface area contributed by atoms with Crippen molar-refractivity contribution >= 4 is 17.6 Å². The van der Waals surface area contributed by atoms with E-state index in [0.717, 1.165) is 23.4 Å². The van der Waals surface area contributed by atoms with Crippen LogP contribution in [0.2, 0.25) is 0 Å². The summed E-state index contributed by atoms with van der Waals surface area (Å²) < 4.78 is 5.45. The molecule has 0 aliphatic rings. The van der Waals surface area contributed by atoms with Gasteiger partial charge in [0.25, 0.3) is 5.91 Å². The summed E-state index contributed by atoms with van der Waals surface area (Å²) in [4.78, 5) is 21.5. The number of guanidine groups is 1. The lowest BCUT2D eigenvalue weighted by molar-refractivity contribution is 0.0977. The normalized spacial score (nSPS) is 12.2. The molecule has 166 valence electrons. The van der Waals surface area contributed by atoms with Crippen molar-refractivity contribution in [1.29, 1.82) is 0 Å². The first-order valence-corrected chi connectivity index (χ1v) is 10.9. The molecule has 32 heavy (non-hydrogen) atoms. The first kappa shape index (κ1) is 23.0. The Hall–Kier alpha value is -3.67. The average Bonchev–Trinajstić information content (AvgIpc) is 2.84. The number of aliphatic imine (C=N–C) groups is 1. The molecule has 1 heterocycles. The van der Waals surface area contributed by atoms with Gasteiger partial charge in [0.2, 0.25) is 5.96 Å². The third-order valence-corrected chi connectivity index (χ3v) is 5.18. The SMILES string of the molecule is CCOc1ccc(C(=O)NC(=NCc2ccncc2)Nc2ccc([C@@H](C)CC)cc2)cc1. The maximum absolute atomic E-state index is 12.8. The molecule has 3 aromatic rings. The van der Waals surface area contributed by atoms with Crippen molar-refractivity contribution in [3.8, 4) is 5.75 Å². The number of ether oxygens (including phenoxy) is 1. The highest BCUT2D eigenvalue weighted by Gasteiger charge is 2.10. The van der Waals surface area contributed by atoms with Crippen molar-refractivity contribution in [2.75, 3.05) is 11.9 Å². The quantitative estimate of drug-likeness (QED) is 0.371. The number of hydrogen-bond donors (Lipinski definition) is 2. The minimum Gasteiger partial charge on any atom is -0.494 e. The number of anilines is 1. The van der Waals surface area contributed by atoms with Gasteiger partial charge in [0, 0.05) is 23.6 Å². The van der Waals surface area contributed by atoms with Crippen LogP contribution in [-0.2, 0) is 6.54 Å². The second kappa shape index (κ2) is 11.6. The van der Waals surface area contributed by atoms with E-state index in [4.69, 9.17) is 4.74 Å². The van der Waals surface area contributed by atoms with Crippen molar-refractivity contribution < 1.29 is 9.53 Å². The fraction of sp³-hybridized carbons (Fsp3) is 0.269. The van der Waals surface area contributed by atoms with Gasteiger partial charge in [-0.25, -0.2) is 4.99 Å². The second-order valence-electron chi connectivity index (χ2n) is 7.49. The van der Waals surface area contributed by atoms with Gasteiger partial charge in [0.1, 0.15) is 5.75 Å². The van der Waals surface area contributed by atoms with Crippen LogP contribution in [0.5, 0.6) is 5.75 Å². The van der Waals surface area contributed by atoms with E-state index in [1.807, 2.05) is 31.2 Å². The van der Waals surface area contributed by atoms with Gasteiger partial charge in [0.15, 0.2) is 0 Å². The van der Waals surface area contributed by atoms with Crippen LogP contribution < -0.4 is 15.4 Å². The summed E-state index contributed by atoms with van der Waals surface area (Å²) >= 11 is 0. The lowest BCUT2D eigenvalue weighted by Gasteiger charge is -2.14. The van der Waals surface area contributed by atoms with Crippen LogP contribution in [-0.4, -0.2) is 23.5 Å². The van der Waals surface area contributed by atoms with Crippen LogP contribution in [0.15, 0.2) is 78.0 Å². The van der Waals surface area contributed by atoms with E-state index < -0.39 is 0 Å². The van der Waals surface area contributed by atoms with E-state index in [-0.39, 0.29) is 5.91 Å². The Morgan fingerprint density at radius 1 is 1.00 bits per heavy atom. The predicted molar refractivity (Wildman–Crippen MR) is 129 cm³/mol. The molecule has 6 nitrogen and oxygen atoms in total. The molecule has 2 aromatic carbocycles. The molecule has 1 aromatic heterocycles. The van der Waals surface area contributed by atoms with Gasteiger partial charge in [-0.1, -0.05) is 26.0 Å². The number of benzene rings is 2. The van der Waals surface area contributed by atoms with E-state index in [1.54, 1.807) is 36.7 Å². The smallest absolute Gasteiger partial charge is 0.257 e. The number of carbonyl (C=O) groups is 1. The first-order valence-electron chi connectivity index (χ1n) is 10.9. The molecule has 0 fully saturated rings. The summed E-state index contributed by atoms with van der Waals surface area (Å²) in [6.07, 6.45) is 4.54. The van der Waals surface area contributed by atoms with Gasteiger partial charge < -0.3 is 10.1 Å². The Labute approximate surface area is 189 Å². The molecule has 0 radical (unpaired) electrons. The first-order chi connectivity index (χ1) is 15.6. The Morgan fingerprint density at radius 3 is 2.31 bits per heavy atom. The van der Waals surface area contributed by atoms with Crippen LogP contribution in [0.25, 0.3) is 0 Å². The Balaban J connectivity index is 1.76. The van der Waals surface area contributed by atoms with Crippen LogP contribution in [0.1, 0.15) is 54.6 Å². The summed E-state index contributed by atoms with van der Waals surface area (Å²) in [6.45, 7) is 7.31. The third kappa shape index (κ3) is 6.67. The zero-order valence-corrected chi connectivity index (χ0v) is 18.8. The zero-order valence-electron chi connectivity index (χ0n) is 18.8. The Bertz CT molecular complexity index is 1020. The standard InChI is InChI=1S/C26H30N4O2/c1-4-19(3)21-6-10-23(11-7-21)29-26(28-18-20-14-16-27-17-15-20)30-25(31)22-8-12-24(13-9-22)32-5-2/h6-17,19H,4-5,18H2,1-3H3,(H2,28,29,30,31)/t19-/m0/s1. The Morgan fingerprint density at radius 2 is 1.69 bits per heavy atom. The molecule has 2 N–H and O–H groups in total. The van der Waals surface area contributed by atoms with E-state index in [1.165, 1.54) is 5.56 Å². The number of aromatic nitrogens is 1. The number of nitrogens with zero attached hydrogens (tertiary/aromatic N) is 2. The molecular weight excluding hydrogens is 400 g/mol. The number of pyridine rings is 1. The van der Waals surface area contributed by atoms with Crippen molar-refractivity contribution in [3.05, 3.63) is 89.7 Å². The molecule has 0 aliphatic carbocycles. The monoisotopic (exact) mass is 430 g/mol. The van der Waals surface area contributed by atoms with Gasteiger partial charge in [-0.15, -0.1) is 0 Å². The van der Waals surface area contributed by atoms with Crippen molar-refractivity contribution in [3.63, 3.8) is 0 Å². The molecule has 3 rings (SSSR count).